The van der Waals surface area contributed by atoms with E-state index in [0.717, 1.165) is 13.0 Å². The molecule has 0 rings (SSSR count). The molecule has 1 N–H and O–H groups in total. The number of nitrogens with one attached hydrogen (secondary N) is 1. The molecular formula is C21H48N2O3. The van der Waals surface area contributed by atoms with E-state index in [-0.39, 0.29) is 23.1 Å². The number of ether oxygens (including phenoxy) is 1. The minimum Gasteiger partial charge on any atom is -0.380 e. The minimum absolute atomic E-state index is 0.0338. The van der Waals surface area contributed by atoms with Gasteiger partial charge in [-0.15, -0.1) is 0 Å². The van der Waals surface area contributed by atoms with Crippen molar-refractivity contribution >= 4 is 11.8 Å². The second-order valence-corrected chi connectivity index (χ2v) is 6.08. The third-order valence-corrected chi connectivity index (χ3v) is 3.52. The van der Waals surface area contributed by atoms with Gasteiger partial charge in [0.15, 0.2) is 0 Å². The Balaban J connectivity index is -0.000000362. The summed E-state index contributed by atoms with van der Waals surface area (Å²) in [6.07, 6.45) is 1.31. The average molecular weight is 377 g/mol. The van der Waals surface area contributed by atoms with Gasteiger partial charge in [-0.2, -0.15) is 0 Å². The van der Waals surface area contributed by atoms with E-state index in [1.54, 1.807) is 19.0 Å². The molecule has 0 saturated heterocycles. The molecule has 5 nitrogen and oxygen atoms in total. The van der Waals surface area contributed by atoms with Gasteiger partial charge in [0.1, 0.15) is 0 Å². The van der Waals surface area contributed by atoms with Crippen LogP contribution in [0.15, 0.2) is 0 Å². The van der Waals surface area contributed by atoms with Crippen molar-refractivity contribution in [3.63, 3.8) is 0 Å². The van der Waals surface area contributed by atoms with E-state index >= 15 is 0 Å². The summed E-state index contributed by atoms with van der Waals surface area (Å²) in [7, 11) is 3.47. The van der Waals surface area contributed by atoms with Crippen LogP contribution in [0.2, 0.25) is 0 Å². The second kappa shape index (κ2) is 21.9. The Hall–Kier alpha value is -1.10. The molecule has 0 fully saturated rings. The quantitative estimate of drug-likeness (QED) is 0.591. The molecule has 5 heteroatoms. The SMILES string of the molecule is CC.CC.CC.CCCOCCNC(=O)CC(C)(C)C(C)C(=O)N(C)C. The second-order valence-electron chi connectivity index (χ2n) is 6.08. The van der Waals surface area contributed by atoms with Crippen molar-refractivity contribution in [1.82, 2.24) is 10.2 Å². The zero-order valence-electron chi connectivity index (χ0n) is 19.8. The molecule has 0 aliphatic heterocycles. The van der Waals surface area contributed by atoms with Crippen LogP contribution in [0, 0.1) is 11.3 Å². The van der Waals surface area contributed by atoms with E-state index in [0.29, 0.717) is 19.6 Å². The van der Waals surface area contributed by atoms with E-state index in [2.05, 4.69) is 5.32 Å². The van der Waals surface area contributed by atoms with Crippen molar-refractivity contribution in [1.29, 1.82) is 0 Å². The molecule has 2 amide bonds. The van der Waals surface area contributed by atoms with Gasteiger partial charge in [0.05, 0.1) is 6.61 Å². The molecule has 1 unspecified atom stereocenters. The Bertz CT molecular complexity index is 316. The highest BCUT2D eigenvalue weighted by atomic mass is 16.5. The van der Waals surface area contributed by atoms with E-state index in [9.17, 15) is 9.59 Å². The zero-order valence-corrected chi connectivity index (χ0v) is 19.8. The van der Waals surface area contributed by atoms with Crippen LogP contribution in [0.4, 0.5) is 0 Å². The summed E-state index contributed by atoms with van der Waals surface area (Å²) in [4.78, 5) is 25.4. The third kappa shape index (κ3) is 17.7. The average Bonchev–Trinajstić information content (AvgIpc) is 2.64. The number of rotatable bonds is 9. The maximum absolute atomic E-state index is 12.0. The van der Waals surface area contributed by atoms with Gasteiger partial charge in [0, 0.05) is 39.6 Å². The van der Waals surface area contributed by atoms with Gasteiger partial charge in [-0.05, 0) is 11.8 Å². The van der Waals surface area contributed by atoms with Crippen LogP contribution in [-0.2, 0) is 14.3 Å². The molecule has 0 bridgehead atoms. The fourth-order valence-electron chi connectivity index (χ4n) is 1.86. The van der Waals surface area contributed by atoms with Gasteiger partial charge in [-0.25, -0.2) is 0 Å². The molecule has 0 aliphatic rings. The number of nitrogens with zero attached hydrogens (tertiary/aromatic N) is 1. The van der Waals surface area contributed by atoms with Gasteiger partial charge in [-0.3, -0.25) is 9.59 Å². The molecule has 0 aromatic heterocycles. The molecule has 0 aromatic rings. The molecule has 160 valence electrons. The lowest BCUT2D eigenvalue weighted by Gasteiger charge is -2.32. The lowest BCUT2D eigenvalue weighted by Crippen LogP contribution is -2.40. The first-order chi connectivity index (χ1) is 12.2. The predicted octanol–water partition coefficient (Wildman–Crippen LogP) is 4.75. The summed E-state index contributed by atoms with van der Waals surface area (Å²) in [6.45, 7) is 21.6. The highest BCUT2D eigenvalue weighted by Gasteiger charge is 2.34. The van der Waals surface area contributed by atoms with Gasteiger partial charge >= 0.3 is 0 Å². The maximum Gasteiger partial charge on any atom is 0.225 e. The van der Waals surface area contributed by atoms with Crippen LogP contribution in [0.3, 0.4) is 0 Å². The topological polar surface area (TPSA) is 58.6 Å². The number of hydrogen-bond acceptors (Lipinski definition) is 3. The standard InChI is InChI=1S/C15H30N2O3.3C2H6/c1-7-9-20-10-8-16-13(18)11-15(3,4)12(2)14(19)17(5)6;3*1-2/h12H,7-11H2,1-6H3,(H,16,18);3*1-2H3. The predicted molar refractivity (Wildman–Crippen MR) is 114 cm³/mol. The molecule has 0 spiro atoms. The van der Waals surface area contributed by atoms with Gasteiger partial charge in [-0.1, -0.05) is 69.2 Å². The molecule has 0 radical (unpaired) electrons. The Morgan fingerprint density at radius 3 is 1.85 bits per heavy atom. The molecule has 0 aromatic carbocycles. The van der Waals surface area contributed by atoms with E-state index in [4.69, 9.17) is 4.74 Å². The summed E-state index contributed by atoms with van der Waals surface area (Å²) in [6, 6.07) is 0. The Labute approximate surface area is 164 Å². The molecule has 1 atom stereocenters. The van der Waals surface area contributed by atoms with Gasteiger partial charge in [0.2, 0.25) is 11.8 Å². The number of carbonyl (C=O) groups is 2. The van der Waals surface area contributed by atoms with Crippen LogP contribution < -0.4 is 5.32 Å². The third-order valence-electron chi connectivity index (χ3n) is 3.52. The van der Waals surface area contributed by atoms with Crippen molar-refractivity contribution < 1.29 is 14.3 Å². The van der Waals surface area contributed by atoms with Crippen LogP contribution in [0.5, 0.6) is 0 Å². The maximum atomic E-state index is 12.0. The van der Waals surface area contributed by atoms with Gasteiger partial charge in [0.25, 0.3) is 0 Å². The Morgan fingerprint density at radius 1 is 1.00 bits per heavy atom. The largest absolute Gasteiger partial charge is 0.380 e. The normalized spacial score (nSPS) is 10.6. The summed E-state index contributed by atoms with van der Waals surface area (Å²) in [5.74, 6) is -0.179. The van der Waals surface area contributed by atoms with Crippen LogP contribution in [0.25, 0.3) is 0 Å². The molecule has 26 heavy (non-hydrogen) atoms. The first-order valence-electron chi connectivity index (χ1n) is 10.3. The summed E-state index contributed by atoms with van der Waals surface area (Å²) < 4.78 is 5.30. The molecule has 0 saturated carbocycles. The first-order valence-corrected chi connectivity index (χ1v) is 10.3. The number of hydrogen-bond donors (Lipinski definition) is 1. The van der Waals surface area contributed by atoms with E-state index in [1.807, 2.05) is 69.2 Å². The molecular weight excluding hydrogens is 328 g/mol. The summed E-state index contributed by atoms with van der Waals surface area (Å²) in [5, 5.41) is 2.83. The van der Waals surface area contributed by atoms with Crippen LogP contribution in [0.1, 0.15) is 82.1 Å². The lowest BCUT2D eigenvalue weighted by molar-refractivity contribution is -0.137. The zero-order chi connectivity index (χ0) is 21.8. The Kier molecular flexibility index (Phi) is 27.5. The van der Waals surface area contributed by atoms with Crippen LogP contribution in [-0.4, -0.2) is 50.6 Å². The Morgan fingerprint density at radius 2 is 1.46 bits per heavy atom. The van der Waals surface area contributed by atoms with E-state index in [1.165, 1.54) is 0 Å². The first kappa shape index (κ1) is 32.6. The number of amides is 2. The highest BCUT2D eigenvalue weighted by Crippen LogP contribution is 2.31. The van der Waals surface area contributed by atoms with Crippen molar-refractivity contribution in [2.45, 2.75) is 82.1 Å². The van der Waals surface area contributed by atoms with Gasteiger partial charge < -0.3 is 15.0 Å². The molecule has 0 heterocycles. The van der Waals surface area contributed by atoms with Crippen molar-refractivity contribution in [2.24, 2.45) is 11.3 Å². The van der Waals surface area contributed by atoms with Crippen molar-refractivity contribution in [3.05, 3.63) is 0 Å². The molecule has 0 aliphatic carbocycles. The minimum atomic E-state index is -0.365. The monoisotopic (exact) mass is 376 g/mol. The summed E-state index contributed by atoms with van der Waals surface area (Å²) >= 11 is 0. The lowest BCUT2D eigenvalue weighted by atomic mass is 9.76. The number of carbonyl (C=O) groups excluding carboxylic acids is 2. The highest BCUT2D eigenvalue weighted by molar-refractivity contribution is 5.81. The summed E-state index contributed by atoms with van der Waals surface area (Å²) in [5.41, 5.74) is -0.365. The fourth-order valence-corrected chi connectivity index (χ4v) is 1.86. The van der Waals surface area contributed by atoms with Crippen molar-refractivity contribution in [3.8, 4) is 0 Å². The smallest absolute Gasteiger partial charge is 0.225 e. The fraction of sp³-hybridized carbons (Fsp3) is 0.905. The van der Waals surface area contributed by atoms with Crippen LogP contribution >= 0.6 is 0 Å². The van der Waals surface area contributed by atoms with Crippen molar-refractivity contribution in [2.75, 3.05) is 33.9 Å². The van der Waals surface area contributed by atoms with E-state index < -0.39 is 0 Å².